The van der Waals surface area contributed by atoms with Crippen LogP contribution in [0.25, 0.3) is 10.8 Å². The molecule has 0 unspecified atom stereocenters. The maximum Gasteiger partial charge on any atom is 0.291 e. The summed E-state index contributed by atoms with van der Waals surface area (Å²) in [6.45, 7) is 0.649. The molecule has 0 aliphatic carbocycles. The molecule has 0 spiro atoms. The minimum Gasteiger partial charge on any atom is -0.486 e. The summed E-state index contributed by atoms with van der Waals surface area (Å²) < 4.78 is 12.9. The van der Waals surface area contributed by atoms with Crippen LogP contribution in [0.15, 0.2) is 95.7 Å². The van der Waals surface area contributed by atoms with Gasteiger partial charge < -0.3 is 14.5 Å². The van der Waals surface area contributed by atoms with Crippen LogP contribution in [0.3, 0.4) is 0 Å². The van der Waals surface area contributed by atoms with E-state index in [0.29, 0.717) is 23.7 Å². The van der Waals surface area contributed by atoms with Gasteiger partial charge in [0.05, 0.1) is 23.4 Å². The van der Waals surface area contributed by atoms with Crippen molar-refractivity contribution in [3.05, 3.63) is 118 Å². The number of nitrogens with zero attached hydrogens (tertiary/aromatic N) is 3. The summed E-state index contributed by atoms with van der Waals surface area (Å²) in [7, 11) is 0. The van der Waals surface area contributed by atoms with Crippen molar-refractivity contribution in [3.8, 4) is 5.75 Å². The molecule has 2 heterocycles. The molecule has 0 radical (unpaired) electrons. The van der Waals surface area contributed by atoms with Crippen LogP contribution < -0.4 is 10.1 Å². The number of nitrogens with one attached hydrogen (secondary N) is 1. The minimum atomic E-state index is -0.478. The summed E-state index contributed by atoms with van der Waals surface area (Å²) in [5.74, 6) is 0.627. The number of carbonyl (C=O) groups excluding carboxylic acids is 1. The fourth-order valence-corrected chi connectivity index (χ4v) is 3.71. The molecule has 2 aromatic heterocycles. The van der Waals surface area contributed by atoms with Gasteiger partial charge in [0.2, 0.25) is 0 Å². The first-order chi connectivity index (χ1) is 17.0. The Morgan fingerprint density at radius 1 is 1.03 bits per heavy atom. The van der Waals surface area contributed by atoms with Gasteiger partial charge in [-0.05, 0) is 40.6 Å². The molecule has 9 nitrogen and oxygen atoms in total. The second-order valence-corrected chi connectivity index (χ2v) is 7.82. The molecule has 174 valence electrons. The van der Waals surface area contributed by atoms with Gasteiger partial charge in [-0.1, -0.05) is 42.5 Å². The number of ether oxygens (including phenoxy) is 1. The molecule has 0 saturated heterocycles. The standard InChI is InChI=1S/C26H20N4O5/c31-26(25-13-12-23(35-25)17-34-22-10-8-21(9-11-22)30(32)33)28-20-14-27-29(16-20)15-19-6-3-5-18-4-1-2-7-24(18)19/h1-14,16H,15,17H2,(H,28,31). The highest BCUT2D eigenvalue weighted by molar-refractivity contribution is 6.02. The molecule has 0 fully saturated rings. The van der Waals surface area contributed by atoms with Gasteiger partial charge in [0, 0.05) is 18.3 Å². The van der Waals surface area contributed by atoms with Crippen molar-refractivity contribution < 1.29 is 18.9 Å². The molecule has 3 aromatic carbocycles. The van der Waals surface area contributed by atoms with E-state index in [-0.39, 0.29) is 18.1 Å². The van der Waals surface area contributed by atoms with E-state index >= 15 is 0 Å². The topological polar surface area (TPSA) is 112 Å². The van der Waals surface area contributed by atoms with Gasteiger partial charge in [-0.2, -0.15) is 5.10 Å². The number of benzene rings is 3. The van der Waals surface area contributed by atoms with Crippen molar-refractivity contribution >= 4 is 28.1 Å². The lowest BCUT2D eigenvalue weighted by molar-refractivity contribution is -0.384. The van der Waals surface area contributed by atoms with E-state index in [4.69, 9.17) is 9.15 Å². The zero-order valence-corrected chi connectivity index (χ0v) is 18.5. The second kappa shape index (κ2) is 9.52. The maximum atomic E-state index is 12.6. The van der Waals surface area contributed by atoms with Crippen molar-refractivity contribution in [2.24, 2.45) is 0 Å². The van der Waals surface area contributed by atoms with E-state index in [1.807, 2.05) is 18.2 Å². The summed E-state index contributed by atoms with van der Waals surface area (Å²) in [6.07, 6.45) is 3.35. The van der Waals surface area contributed by atoms with Gasteiger partial charge in [-0.3, -0.25) is 19.6 Å². The van der Waals surface area contributed by atoms with Crippen molar-refractivity contribution in [3.63, 3.8) is 0 Å². The first kappa shape index (κ1) is 21.9. The Labute approximate surface area is 199 Å². The molecule has 35 heavy (non-hydrogen) atoms. The largest absolute Gasteiger partial charge is 0.486 e. The third kappa shape index (κ3) is 5.03. The number of hydrogen-bond donors (Lipinski definition) is 1. The number of amides is 1. The van der Waals surface area contributed by atoms with Crippen LogP contribution in [0.2, 0.25) is 0 Å². The predicted octanol–water partition coefficient (Wildman–Crippen LogP) is 5.42. The van der Waals surface area contributed by atoms with Crippen molar-refractivity contribution in [1.29, 1.82) is 0 Å². The normalized spacial score (nSPS) is 10.9. The van der Waals surface area contributed by atoms with Crippen LogP contribution in [0.5, 0.6) is 5.75 Å². The first-order valence-electron chi connectivity index (χ1n) is 10.8. The molecule has 1 amide bonds. The van der Waals surface area contributed by atoms with Crippen LogP contribution in [-0.4, -0.2) is 20.6 Å². The molecular formula is C26H20N4O5. The summed E-state index contributed by atoms with van der Waals surface area (Å²) in [5.41, 5.74) is 1.66. The zero-order valence-electron chi connectivity index (χ0n) is 18.5. The van der Waals surface area contributed by atoms with E-state index in [2.05, 4.69) is 34.7 Å². The number of nitro groups is 1. The minimum absolute atomic E-state index is 0.0188. The summed E-state index contributed by atoms with van der Waals surface area (Å²) in [6, 6.07) is 23.2. The fourth-order valence-electron chi connectivity index (χ4n) is 3.71. The Kier molecular flexibility index (Phi) is 5.96. The molecular weight excluding hydrogens is 448 g/mol. The highest BCUT2D eigenvalue weighted by Crippen LogP contribution is 2.21. The lowest BCUT2D eigenvalue weighted by atomic mass is 10.0. The Bertz CT molecular complexity index is 1500. The Morgan fingerprint density at radius 3 is 2.66 bits per heavy atom. The third-order valence-corrected chi connectivity index (χ3v) is 5.42. The highest BCUT2D eigenvalue weighted by Gasteiger charge is 2.14. The van der Waals surface area contributed by atoms with E-state index in [1.165, 1.54) is 24.3 Å². The van der Waals surface area contributed by atoms with Crippen LogP contribution in [-0.2, 0) is 13.2 Å². The number of aromatic nitrogens is 2. The SMILES string of the molecule is O=C(Nc1cnn(Cc2cccc3ccccc23)c1)c1ccc(COc2ccc([N+](=O)[O-])cc2)o1. The van der Waals surface area contributed by atoms with E-state index in [9.17, 15) is 14.9 Å². The predicted molar refractivity (Wildman–Crippen MR) is 129 cm³/mol. The van der Waals surface area contributed by atoms with Gasteiger partial charge >= 0.3 is 0 Å². The van der Waals surface area contributed by atoms with Gasteiger partial charge in [-0.15, -0.1) is 0 Å². The quantitative estimate of drug-likeness (QED) is 0.240. The first-order valence-corrected chi connectivity index (χ1v) is 10.8. The second-order valence-electron chi connectivity index (χ2n) is 7.82. The molecule has 0 bridgehead atoms. The average Bonchev–Trinajstić information content (AvgIpc) is 3.53. The molecule has 5 aromatic rings. The van der Waals surface area contributed by atoms with Crippen LogP contribution in [0.1, 0.15) is 21.9 Å². The monoisotopic (exact) mass is 468 g/mol. The number of nitro benzene ring substituents is 1. The number of carbonyl (C=O) groups is 1. The molecule has 9 heteroatoms. The van der Waals surface area contributed by atoms with E-state index < -0.39 is 10.8 Å². The molecule has 1 N–H and O–H groups in total. The lowest BCUT2D eigenvalue weighted by Gasteiger charge is -2.06. The van der Waals surface area contributed by atoms with Gasteiger partial charge in [0.25, 0.3) is 11.6 Å². The number of furan rings is 1. The van der Waals surface area contributed by atoms with Crippen molar-refractivity contribution in [1.82, 2.24) is 9.78 Å². The smallest absolute Gasteiger partial charge is 0.291 e. The Balaban J connectivity index is 1.19. The third-order valence-electron chi connectivity index (χ3n) is 5.42. The molecule has 0 aliphatic rings. The van der Waals surface area contributed by atoms with Crippen molar-refractivity contribution in [2.45, 2.75) is 13.2 Å². The number of hydrogen-bond acceptors (Lipinski definition) is 6. The van der Waals surface area contributed by atoms with E-state index in [0.717, 1.165) is 16.3 Å². The molecule has 0 aliphatic heterocycles. The van der Waals surface area contributed by atoms with Crippen molar-refractivity contribution in [2.75, 3.05) is 5.32 Å². The maximum absolute atomic E-state index is 12.6. The summed E-state index contributed by atoms with van der Waals surface area (Å²) in [4.78, 5) is 22.8. The lowest BCUT2D eigenvalue weighted by Crippen LogP contribution is -2.10. The molecule has 0 saturated carbocycles. The summed E-state index contributed by atoms with van der Waals surface area (Å²) >= 11 is 0. The molecule has 0 atom stereocenters. The number of fused-ring (bicyclic) bond motifs is 1. The summed E-state index contributed by atoms with van der Waals surface area (Å²) in [5, 5.41) is 20.2. The van der Waals surface area contributed by atoms with Crippen LogP contribution >= 0.6 is 0 Å². The van der Waals surface area contributed by atoms with Crippen LogP contribution in [0, 0.1) is 10.1 Å². The average molecular weight is 468 g/mol. The number of anilines is 1. The Morgan fingerprint density at radius 2 is 1.83 bits per heavy atom. The number of non-ortho nitro benzene ring substituents is 1. The molecule has 5 rings (SSSR count). The highest BCUT2D eigenvalue weighted by atomic mass is 16.6. The van der Waals surface area contributed by atoms with Gasteiger partial charge in [-0.25, -0.2) is 0 Å². The number of rotatable bonds is 8. The van der Waals surface area contributed by atoms with E-state index in [1.54, 1.807) is 29.2 Å². The Hall–Kier alpha value is -4.92. The van der Waals surface area contributed by atoms with Crippen LogP contribution in [0.4, 0.5) is 11.4 Å². The fraction of sp³-hybridized carbons (Fsp3) is 0.0769. The van der Waals surface area contributed by atoms with Gasteiger partial charge in [0.1, 0.15) is 18.1 Å². The zero-order chi connectivity index (χ0) is 24.2. The van der Waals surface area contributed by atoms with Gasteiger partial charge in [0.15, 0.2) is 5.76 Å².